The van der Waals surface area contributed by atoms with Crippen molar-refractivity contribution in [3.05, 3.63) is 47.3 Å². The second-order valence-electron chi connectivity index (χ2n) is 5.22. The number of hydrogen-bond donors (Lipinski definition) is 1. The summed E-state index contributed by atoms with van der Waals surface area (Å²) in [7, 11) is 1.33. The smallest absolute Gasteiger partial charge is 0.342 e. The monoisotopic (exact) mass is 337 g/mol. The Bertz CT molecular complexity index is 759. The zero-order valence-corrected chi connectivity index (χ0v) is 13.4. The highest BCUT2D eigenvalue weighted by Crippen LogP contribution is 2.26. The van der Waals surface area contributed by atoms with Gasteiger partial charge in [0, 0.05) is 19.7 Å². The van der Waals surface area contributed by atoms with E-state index in [4.69, 9.17) is 4.74 Å². The third kappa shape index (κ3) is 3.95. The maximum Gasteiger partial charge on any atom is 0.342 e. The highest BCUT2D eigenvalue weighted by atomic mass is 19.3. The lowest BCUT2D eigenvalue weighted by molar-refractivity contribution is -0.114. The number of nitrogens with one attached hydrogen (secondary N) is 1. The van der Waals surface area contributed by atoms with Crippen LogP contribution in [-0.2, 0) is 16.6 Å². The maximum atomic E-state index is 13.0. The van der Waals surface area contributed by atoms with Gasteiger partial charge >= 0.3 is 5.97 Å². The summed E-state index contributed by atoms with van der Waals surface area (Å²) in [6, 6.07) is 6.74. The van der Waals surface area contributed by atoms with Gasteiger partial charge in [-0.1, -0.05) is 12.1 Å². The highest BCUT2D eigenvalue weighted by Gasteiger charge is 2.25. The second kappa shape index (κ2) is 7.20. The van der Waals surface area contributed by atoms with Gasteiger partial charge in [-0.25, -0.2) is 13.6 Å². The minimum Gasteiger partial charge on any atom is -0.454 e. The molecule has 24 heavy (non-hydrogen) atoms. The molecule has 2 aromatic rings. The molecule has 0 fully saturated rings. The molecule has 0 saturated heterocycles. The van der Waals surface area contributed by atoms with Crippen molar-refractivity contribution in [1.82, 2.24) is 9.78 Å². The molecular formula is C16H17F2N3O3. The molecule has 0 saturated carbocycles. The van der Waals surface area contributed by atoms with E-state index in [1.165, 1.54) is 14.0 Å². The largest absolute Gasteiger partial charge is 0.454 e. The van der Waals surface area contributed by atoms with E-state index in [1.54, 1.807) is 31.2 Å². The molecule has 0 aliphatic carbocycles. The summed E-state index contributed by atoms with van der Waals surface area (Å²) in [6.07, 6.45) is -2.46. The average molecular weight is 337 g/mol. The Kier molecular flexibility index (Phi) is 5.28. The van der Waals surface area contributed by atoms with Crippen LogP contribution in [0.1, 0.15) is 48.0 Å². The van der Waals surface area contributed by atoms with Crippen LogP contribution in [-0.4, -0.2) is 21.7 Å². The summed E-state index contributed by atoms with van der Waals surface area (Å²) < 4.78 is 32.2. The zero-order chi connectivity index (χ0) is 17.9. The standard InChI is InChI=1S/C16H17F2N3O3/c1-9(11-5-4-6-12(7-11)20-10(2)22)24-16(23)13-8-19-21(3)14(13)15(17)18/h4-9,15H,1-3H3,(H,20,22)/t9-/m1/s1. The number of aromatic nitrogens is 2. The number of alkyl halides is 2. The summed E-state index contributed by atoms with van der Waals surface area (Å²) in [5, 5.41) is 6.29. The number of aryl methyl sites for hydroxylation is 1. The van der Waals surface area contributed by atoms with E-state index < -0.39 is 24.2 Å². The predicted octanol–water partition coefficient (Wildman–Crippen LogP) is 3.23. The number of rotatable bonds is 5. The lowest BCUT2D eigenvalue weighted by Crippen LogP contribution is -2.12. The van der Waals surface area contributed by atoms with E-state index in [-0.39, 0.29) is 11.5 Å². The van der Waals surface area contributed by atoms with Gasteiger partial charge < -0.3 is 10.1 Å². The Balaban J connectivity index is 2.16. The Morgan fingerprint density at radius 2 is 2.04 bits per heavy atom. The van der Waals surface area contributed by atoms with Gasteiger partial charge in [0.15, 0.2) is 0 Å². The molecule has 8 heteroatoms. The lowest BCUT2D eigenvalue weighted by Gasteiger charge is -2.15. The molecule has 1 heterocycles. The van der Waals surface area contributed by atoms with Crippen LogP contribution < -0.4 is 5.32 Å². The van der Waals surface area contributed by atoms with Crippen molar-refractivity contribution in [3.63, 3.8) is 0 Å². The van der Waals surface area contributed by atoms with Gasteiger partial charge in [0.1, 0.15) is 17.4 Å². The first-order chi connectivity index (χ1) is 11.3. The van der Waals surface area contributed by atoms with Crippen molar-refractivity contribution < 1.29 is 23.1 Å². The SMILES string of the molecule is CC(=O)Nc1cccc([C@@H](C)OC(=O)c2cnn(C)c2C(F)F)c1. The van der Waals surface area contributed by atoms with E-state index in [1.807, 2.05) is 0 Å². The third-order valence-electron chi connectivity index (χ3n) is 3.37. The van der Waals surface area contributed by atoms with E-state index in [0.717, 1.165) is 10.9 Å². The molecule has 2 rings (SSSR count). The third-order valence-corrected chi connectivity index (χ3v) is 3.37. The Hall–Kier alpha value is -2.77. The minimum absolute atomic E-state index is 0.228. The molecule has 6 nitrogen and oxygen atoms in total. The number of carbonyl (C=O) groups excluding carboxylic acids is 2. The fraction of sp³-hybridized carbons (Fsp3) is 0.312. The van der Waals surface area contributed by atoms with Gasteiger partial charge in [0.2, 0.25) is 5.91 Å². The number of hydrogen-bond acceptors (Lipinski definition) is 4. The first-order valence-electron chi connectivity index (χ1n) is 7.18. The first-order valence-corrected chi connectivity index (χ1v) is 7.18. The van der Waals surface area contributed by atoms with Crippen LogP contribution in [0.5, 0.6) is 0 Å². The molecule has 1 aromatic carbocycles. The number of nitrogens with zero attached hydrogens (tertiary/aromatic N) is 2. The number of benzene rings is 1. The van der Waals surface area contributed by atoms with E-state index >= 15 is 0 Å². The van der Waals surface area contributed by atoms with Gasteiger partial charge in [-0.05, 0) is 24.6 Å². The topological polar surface area (TPSA) is 73.2 Å². The van der Waals surface area contributed by atoms with Crippen LogP contribution in [0.4, 0.5) is 14.5 Å². The fourth-order valence-corrected chi connectivity index (χ4v) is 2.23. The van der Waals surface area contributed by atoms with Gasteiger partial charge in [-0.2, -0.15) is 5.10 Å². The summed E-state index contributed by atoms with van der Waals surface area (Å²) in [5.41, 5.74) is 0.422. The molecule has 0 radical (unpaired) electrons. The molecule has 0 unspecified atom stereocenters. The van der Waals surface area contributed by atoms with E-state index in [9.17, 15) is 18.4 Å². The maximum absolute atomic E-state index is 13.0. The number of carbonyl (C=O) groups is 2. The fourth-order valence-electron chi connectivity index (χ4n) is 2.23. The van der Waals surface area contributed by atoms with Crippen molar-refractivity contribution in [2.45, 2.75) is 26.4 Å². The van der Waals surface area contributed by atoms with E-state index in [0.29, 0.717) is 11.3 Å². The normalized spacial score (nSPS) is 12.1. The molecule has 0 spiro atoms. The first kappa shape index (κ1) is 17.6. The van der Waals surface area contributed by atoms with Gasteiger partial charge in [-0.15, -0.1) is 0 Å². The molecule has 1 amide bonds. The van der Waals surface area contributed by atoms with Crippen LogP contribution in [0.25, 0.3) is 0 Å². The number of halogens is 2. The number of anilines is 1. The summed E-state index contributed by atoms with van der Waals surface area (Å²) >= 11 is 0. The van der Waals surface area contributed by atoms with Crippen LogP contribution >= 0.6 is 0 Å². The van der Waals surface area contributed by atoms with Crippen LogP contribution in [0.2, 0.25) is 0 Å². The molecule has 0 aliphatic heterocycles. The van der Waals surface area contributed by atoms with Crippen molar-refractivity contribution in [3.8, 4) is 0 Å². The van der Waals surface area contributed by atoms with Gasteiger partial charge in [-0.3, -0.25) is 9.48 Å². The summed E-state index contributed by atoms with van der Waals surface area (Å²) in [5.74, 6) is -1.11. The molecular weight excluding hydrogens is 320 g/mol. The van der Waals surface area contributed by atoms with Gasteiger partial charge in [0.25, 0.3) is 6.43 Å². The quantitative estimate of drug-likeness (QED) is 0.850. The summed E-state index contributed by atoms with van der Waals surface area (Å²) in [4.78, 5) is 23.2. The number of amides is 1. The summed E-state index contributed by atoms with van der Waals surface area (Å²) in [6.45, 7) is 2.99. The van der Waals surface area contributed by atoms with Crippen LogP contribution in [0.3, 0.4) is 0 Å². The molecule has 0 aliphatic rings. The molecule has 1 aromatic heterocycles. The molecule has 1 atom stereocenters. The Labute approximate surface area is 137 Å². The molecule has 0 bridgehead atoms. The molecule has 1 N–H and O–H groups in total. The van der Waals surface area contributed by atoms with Crippen molar-refractivity contribution in [1.29, 1.82) is 0 Å². The van der Waals surface area contributed by atoms with Crippen molar-refractivity contribution in [2.75, 3.05) is 5.32 Å². The average Bonchev–Trinajstić information content (AvgIpc) is 2.88. The van der Waals surface area contributed by atoms with Crippen LogP contribution in [0.15, 0.2) is 30.5 Å². The second-order valence-corrected chi connectivity index (χ2v) is 5.22. The zero-order valence-electron chi connectivity index (χ0n) is 13.4. The Morgan fingerprint density at radius 1 is 1.33 bits per heavy atom. The number of ether oxygens (including phenoxy) is 1. The minimum atomic E-state index is -2.83. The van der Waals surface area contributed by atoms with Crippen molar-refractivity contribution >= 4 is 17.6 Å². The van der Waals surface area contributed by atoms with Crippen LogP contribution in [0, 0.1) is 0 Å². The van der Waals surface area contributed by atoms with E-state index in [2.05, 4.69) is 10.4 Å². The van der Waals surface area contributed by atoms with Gasteiger partial charge in [0.05, 0.1) is 6.20 Å². The predicted molar refractivity (Wildman–Crippen MR) is 82.7 cm³/mol. The highest BCUT2D eigenvalue weighted by molar-refractivity contribution is 5.91. The molecule has 128 valence electrons. The van der Waals surface area contributed by atoms with Crippen molar-refractivity contribution in [2.24, 2.45) is 7.05 Å². The lowest BCUT2D eigenvalue weighted by atomic mass is 10.1. The number of esters is 1. The Morgan fingerprint density at radius 3 is 2.67 bits per heavy atom.